The number of rotatable bonds is 5. The molecule has 1 aromatic carbocycles. The monoisotopic (exact) mass is 311 g/mol. The summed E-state index contributed by atoms with van der Waals surface area (Å²) in [6.45, 7) is 3.86. The van der Waals surface area contributed by atoms with Crippen molar-refractivity contribution in [3.8, 4) is 0 Å². The van der Waals surface area contributed by atoms with Gasteiger partial charge in [0.2, 0.25) is 0 Å². The van der Waals surface area contributed by atoms with E-state index in [1.54, 1.807) is 0 Å². The van der Waals surface area contributed by atoms with Crippen LogP contribution in [0.1, 0.15) is 12.0 Å². The molecule has 0 aliphatic carbocycles. The van der Waals surface area contributed by atoms with E-state index in [2.05, 4.69) is 50.6 Å². The normalized spacial score (nSPS) is 18.4. The predicted octanol–water partition coefficient (Wildman–Crippen LogP) is 2.02. The zero-order valence-corrected chi connectivity index (χ0v) is 13.7. The van der Waals surface area contributed by atoms with Gasteiger partial charge in [-0.25, -0.2) is 0 Å². The number of benzene rings is 1. The molecule has 2 aromatic rings. The molecule has 1 fully saturated rings. The Hall–Kier alpha value is -2.30. The molecule has 0 amide bonds. The van der Waals surface area contributed by atoms with Gasteiger partial charge in [-0.1, -0.05) is 30.3 Å². The number of guanidine groups is 1. The molecule has 0 saturated carbocycles. The molecule has 5 nitrogen and oxygen atoms in total. The van der Waals surface area contributed by atoms with E-state index in [1.165, 1.54) is 12.0 Å². The van der Waals surface area contributed by atoms with Crippen molar-refractivity contribution in [3.63, 3.8) is 0 Å². The average Bonchev–Trinajstić information content (AvgIpc) is 3.25. The van der Waals surface area contributed by atoms with Crippen molar-refractivity contribution in [3.05, 3.63) is 54.4 Å². The minimum absolute atomic E-state index is 0.710. The fraction of sp³-hybridized carbons (Fsp3) is 0.444. The van der Waals surface area contributed by atoms with Crippen molar-refractivity contribution in [1.82, 2.24) is 20.0 Å². The van der Waals surface area contributed by atoms with Crippen LogP contribution in [0.2, 0.25) is 0 Å². The SMILES string of the molecule is CN=C(NCCn1cccn1)N1CCC(Cc2ccccc2)C1. The summed E-state index contributed by atoms with van der Waals surface area (Å²) in [5, 5.41) is 7.67. The van der Waals surface area contributed by atoms with Crippen molar-refractivity contribution in [1.29, 1.82) is 0 Å². The molecule has 0 spiro atoms. The van der Waals surface area contributed by atoms with Crippen molar-refractivity contribution in [2.45, 2.75) is 19.4 Å². The first-order valence-electron chi connectivity index (χ1n) is 8.32. The van der Waals surface area contributed by atoms with Crippen LogP contribution >= 0.6 is 0 Å². The second-order valence-corrected chi connectivity index (χ2v) is 6.03. The Labute approximate surface area is 138 Å². The maximum absolute atomic E-state index is 4.43. The molecule has 1 unspecified atom stereocenters. The van der Waals surface area contributed by atoms with Crippen LogP contribution in [0.25, 0.3) is 0 Å². The predicted molar refractivity (Wildman–Crippen MR) is 93.4 cm³/mol. The summed E-state index contributed by atoms with van der Waals surface area (Å²) in [7, 11) is 1.86. The lowest BCUT2D eigenvalue weighted by atomic mass is 9.99. The van der Waals surface area contributed by atoms with Gasteiger partial charge >= 0.3 is 0 Å². The molecular weight excluding hydrogens is 286 g/mol. The average molecular weight is 311 g/mol. The fourth-order valence-corrected chi connectivity index (χ4v) is 3.19. The summed E-state index contributed by atoms with van der Waals surface area (Å²) in [6, 6.07) is 12.7. The Morgan fingerprint density at radius 3 is 2.91 bits per heavy atom. The molecular formula is C18H25N5. The van der Waals surface area contributed by atoms with E-state index < -0.39 is 0 Å². The van der Waals surface area contributed by atoms with Crippen LogP contribution in [-0.4, -0.2) is 47.3 Å². The highest BCUT2D eigenvalue weighted by Crippen LogP contribution is 2.20. The van der Waals surface area contributed by atoms with Crippen LogP contribution in [0, 0.1) is 5.92 Å². The van der Waals surface area contributed by atoms with Gasteiger partial charge in [0.05, 0.1) is 6.54 Å². The highest BCUT2D eigenvalue weighted by atomic mass is 15.3. The number of nitrogens with one attached hydrogen (secondary N) is 1. The Morgan fingerprint density at radius 2 is 2.17 bits per heavy atom. The summed E-state index contributed by atoms with van der Waals surface area (Å²) in [6.07, 6.45) is 6.18. The maximum atomic E-state index is 4.43. The first-order valence-corrected chi connectivity index (χ1v) is 8.32. The largest absolute Gasteiger partial charge is 0.354 e. The highest BCUT2D eigenvalue weighted by Gasteiger charge is 2.24. The lowest BCUT2D eigenvalue weighted by Gasteiger charge is -2.21. The van der Waals surface area contributed by atoms with Gasteiger partial charge in [-0.3, -0.25) is 9.67 Å². The number of aliphatic imine (C=N–C) groups is 1. The molecule has 122 valence electrons. The Morgan fingerprint density at radius 1 is 1.30 bits per heavy atom. The molecule has 1 atom stereocenters. The number of aromatic nitrogens is 2. The van der Waals surface area contributed by atoms with E-state index in [-0.39, 0.29) is 0 Å². The van der Waals surface area contributed by atoms with E-state index in [0.29, 0.717) is 5.92 Å². The van der Waals surface area contributed by atoms with E-state index in [9.17, 15) is 0 Å². The molecule has 3 rings (SSSR count). The third-order valence-electron chi connectivity index (χ3n) is 4.35. The van der Waals surface area contributed by atoms with Gasteiger partial charge in [-0.05, 0) is 30.4 Å². The quantitative estimate of drug-likeness (QED) is 0.679. The molecule has 0 radical (unpaired) electrons. The highest BCUT2D eigenvalue weighted by molar-refractivity contribution is 5.80. The second kappa shape index (κ2) is 7.81. The van der Waals surface area contributed by atoms with Crippen LogP contribution in [0.4, 0.5) is 0 Å². The van der Waals surface area contributed by atoms with E-state index in [0.717, 1.165) is 38.6 Å². The number of nitrogens with zero attached hydrogens (tertiary/aromatic N) is 4. The third kappa shape index (κ3) is 4.34. The van der Waals surface area contributed by atoms with Crippen molar-refractivity contribution in [2.75, 3.05) is 26.7 Å². The van der Waals surface area contributed by atoms with Crippen molar-refractivity contribution in [2.24, 2.45) is 10.9 Å². The minimum atomic E-state index is 0.710. The van der Waals surface area contributed by atoms with Crippen LogP contribution in [0.15, 0.2) is 53.8 Å². The summed E-state index contributed by atoms with van der Waals surface area (Å²) in [5.74, 6) is 1.72. The summed E-state index contributed by atoms with van der Waals surface area (Å²) in [4.78, 5) is 6.80. The Balaban J connectivity index is 1.46. The lowest BCUT2D eigenvalue weighted by molar-refractivity contribution is 0.455. The molecule has 23 heavy (non-hydrogen) atoms. The van der Waals surface area contributed by atoms with Gasteiger partial charge in [0.1, 0.15) is 0 Å². The first kappa shape index (κ1) is 15.6. The van der Waals surface area contributed by atoms with Crippen LogP contribution in [0.3, 0.4) is 0 Å². The van der Waals surface area contributed by atoms with Crippen molar-refractivity contribution < 1.29 is 0 Å². The standard InChI is InChI=1S/C18H25N5/c1-19-18(20-10-13-23-11-5-9-21-23)22-12-8-17(15-22)14-16-6-3-2-4-7-16/h2-7,9,11,17H,8,10,12-15H2,1H3,(H,19,20). The molecule has 2 heterocycles. The third-order valence-corrected chi connectivity index (χ3v) is 4.35. The first-order chi connectivity index (χ1) is 11.3. The number of hydrogen-bond donors (Lipinski definition) is 1. The topological polar surface area (TPSA) is 45.5 Å². The number of hydrogen-bond acceptors (Lipinski definition) is 2. The lowest BCUT2D eigenvalue weighted by Crippen LogP contribution is -2.41. The number of likely N-dealkylation sites (tertiary alicyclic amines) is 1. The molecule has 0 bridgehead atoms. The molecule has 5 heteroatoms. The molecule has 1 N–H and O–H groups in total. The van der Waals surface area contributed by atoms with E-state index in [4.69, 9.17) is 0 Å². The maximum Gasteiger partial charge on any atom is 0.193 e. The van der Waals surface area contributed by atoms with Gasteiger partial charge in [0.25, 0.3) is 0 Å². The van der Waals surface area contributed by atoms with E-state index in [1.807, 2.05) is 30.2 Å². The fourth-order valence-electron chi connectivity index (χ4n) is 3.19. The molecule has 1 aromatic heterocycles. The zero-order chi connectivity index (χ0) is 15.9. The summed E-state index contributed by atoms with van der Waals surface area (Å²) < 4.78 is 1.93. The van der Waals surface area contributed by atoms with Crippen molar-refractivity contribution >= 4 is 5.96 Å². The van der Waals surface area contributed by atoms with Gasteiger partial charge in [0.15, 0.2) is 5.96 Å². The van der Waals surface area contributed by atoms with Crippen LogP contribution in [0.5, 0.6) is 0 Å². The zero-order valence-electron chi connectivity index (χ0n) is 13.7. The Kier molecular flexibility index (Phi) is 5.29. The minimum Gasteiger partial charge on any atom is -0.354 e. The smallest absolute Gasteiger partial charge is 0.193 e. The Bertz CT molecular complexity index is 606. The summed E-state index contributed by atoms with van der Waals surface area (Å²) >= 11 is 0. The second-order valence-electron chi connectivity index (χ2n) is 6.03. The van der Waals surface area contributed by atoms with Gasteiger partial charge in [-0.15, -0.1) is 0 Å². The van der Waals surface area contributed by atoms with Gasteiger partial charge < -0.3 is 10.2 Å². The van der Waals surface area contributed by atoms with Gasteiger partial charge in [0, 0.05) is 39.1 Å². The molecule has 1 saturated heterocycles. The molecule has 1 aliphatic rings. The molecule has 1 aliphatic heterocycles. The van der Waals surface area contributed by atoms with Crippen LogP contribution in [-0.2, 0) is 13.0 Å². The summed E-state index contributed by atoms with van der Waals surface area (Å²) in [5.41, 5.74) is 1.43. The van der Waals surface area contributed by atoms with Gasteiger partial charge in [-0.2, -0.15) is 5.10 Å². The van der Waals surface area contributed by atoms with Crippen LogP contribution < -0.4 is 5.32 Å². The van der Waals surface area contributed by atoms with E-state index >= 15 is 0 Å².